The molecule has 1 fully saturated rings. The van der Waals surface area contributed by atoms with Crippen molar-refractivity contribution in [2.24, 2.45) is 0 Å². The molecule has 4 heteroatoms. The van der Waals surface area contributed by atoms with Gasteiger partial charge in [-0.25, -0.2) is 0 Å². The number of carbonyl (C=O) groups is 1. The second-order valence-electron chi connectivity index (χ2n) is 7.17. The Morgan fingerprint density at radius 3 is 2.83 bits per heavy atom. The fourth-order valence-corrected chi connectivity index (χ4v) is 2.58. The van der Waals surface area contributed by atoms with Crippen molar-refractivity contribution in [2.75, 3.05) is 6.61 Å². The molecule has 23 heavy (non-hydrogen) atoms. The molecule has 1 aromatic carbocycles. The molecule has 1 N–H and O–H groups in total. The second kappa shape index (κ2) is 8.46. The van der Waals surface area contributed by atoms with E-state index in [0.29, 0.717) is 19.6 Å². The van der Waals surface area contributed by atoms with Crippen LogP contribution in [-0.4, -0.2) is 24.2 Å². The summed E-state index contributed by atoms with van der Waals surface area (Å²) in [7, 11) is 0. The third-order valence-corrected chi connectivity index (χ3v) is 3.87. The van der Waals surface area contributed by atoms with Gasteiger partial charge in [0.15, 0.2) is 0 Å². The zero-order valence-electron chi connectivity index (χ0n) is 14.6. The minimum Gasteiger partial charge on any atom is -0.378 e. The lowest BCUT2D eigenvalue weighted by atomic mass is 10.1. The number of amides is 1. The van der Waals surface area contributed by atoms with Crippen LogP contribution in [0.25, 0.3) is 0 Å². The Kier molecular flexibility index (Phi) is 6.60. The highest BCUT2D eigenvalue weighted by Crippen LogP contribution is 2.17. The van der Waals surface area contributed by atoms with Gasteiger partial charge in [0.2, 0.25) is 5.91 Å². The molecular weight excluding hydrogens is 290 g/mol. The van der Waals surface area contributed by atoms with Crippen LogP contribution in [0.5, 0.6) is 0 Å². The number of hydrogen-bond acceptors (Lipinski definition) is 3. The minimum atomic E-state index is -0.146. The van der Waals surface area contributed by atoms with Gasteiger partial charge in [0.25, 0.3) is 0 Å². The van der Waals surface area contributed by atoms with Crippen molar-refractivity contribution in [1.82, 2.24) is 5.32 Å². The molecule has 1 aliphatic rings. The molecule has 0 radical (unpaired) electrons. The summed E-state index contributed by atoms with van der Waals surface area (Å²) in [6, 6.07) is 8.18. The standard InChI is InChI=1S/C19H29NO3/c1-19(2,3)23-14-16-7-4-6-15(12-16)13-20-18(21)10-9-17-8-5-11-22-17/h4,6-7,12,17H,5,8-11,13-14H2,1-3H3,(H,20,21)/t17-/m1/s1. The topological polar surface area (TPSA) is 47.6 Å². The quantitative estimate of drug-likeness (QED) is 0.835. The third-order valence-electron chi connectivity index (χ3n) is 3.87. The van der Waals surface area contributed by atoms with Gasteiger partial charge in [0.1, 0.15) is 0 Å². The second-order valence-corrected chi connectivity index (χ2v) is 7.17. The van der Waals surface area contributed by atoms with Crippen LogP contribution in [0.3, 0.4) is 0 Å². The van der Waals surface area contributed by atoms with Gasteiger partial charge in [0.05, 0.1) is 18.3 Å². The highest BCUT2D eigenvalue weighted by molar-refractivity contribution is 5.75. The van der Waals surface area contributed by atoms with Crippen LogP contribution in [0.2, 0.25) is 0 Å². The predicted molar refractivity (Wildman–Crippen MR) is 91.0 cm³/mol. The molecule has 0 bridgehead atoms. The van der Waals surface area contributed by atoms with Crippen LogP contribution < -0.4 is 5.32 Å². The molecule has 4 nitrogen and oxygen atoms in total. The summed E-state index contributed by atoms with van der Waals surface area (Å²) < 4.78 is 11.3. The van der Waals surface area contributed by atoms with E-state index in [2.05, 4.69) is 17.4 Å². The number of benzene rings is 1. The highest BCUT2D eigenvalue weighted by Gasteiger charge is 2.16. The van der Waals surface area contributed by atoms with Crippen molar-refractivity contribution in [3.63, 3.8) is 0 Å². The fourth-order valence-electron chi connectivity index (χ4n) is 2.58. The number of rotatable bonds is 7. The van der Waals surface area contributed by atoms with Gasteiger partial charge in [-0.2, -0.15) is 0 Å². The SMILES string of the molecule is CC(C)(C)OCc1cccc(CNC(=O)CC[C@H]2CCCO2)c1. The maximum Gasteiger partial charge on any atom is 0.220 e. The Hall–Kier alpha value is -1.39. The Morgan fingerprint density at radius 1 is 1.35 bits per heavy atom. The van der Waals surface area contributed by atoms with E-state index in [9.17, 15) is 4.79 Å². The Labute approximate surface area is 139 Å². The summed E-state index contributed by atoms with van der Waals surface area (Å²) in [4.78, 5) is 11.9. The molecule has 0 aromatic heterocycles. The van der Waals surface area contributed by atoms with Crippen LogP contribution in [0.15, 0.2) is 24.3 Å². The van der Waals surface area contributed by atoms with E-state index in [0.717, 1.165) is 37.0 Å². The van der Waals surface area contributed by atoms with E-state index in [1.807, 2.05) is 32.9 Å². The summed E-state index contributed by atoms with van der Waals surface area (Å²) in [6.07, 6.45) is 3.85. The molecule has 0 spiro atoms. The van der Waals surface area contributed by atoms with Gasteiger partial charge in [-0.05, 0) is 51.2 Å². The summed E-state index contributed by atoms with van der Waals surface area (Å²) in [5.41, 5.74) is 2.09. The normalized spacial score (nSPS) is 18.1. The maximum atomic E-state index is 11.9. The fraction of sp³-hybridized carbons (Fsp3) is 0.632. The van der Waals surface area contributed by atoms with Crippen molar-refractivity contribution >= 4 is 5.91 Å². The molecule has 1 aliphatic heterocycles. The van der Waals surface area contributed by atoms with Crippen molar-refractivity contribution in [2.45, 2.75) is 71.3 Å². The lowest BCUT2D eigenvalue weighted by Gasteiger charge is -2.19. The zero-order valence-corrected chi connectivity index (χ0v) is 14.6. The van der Waals surface area contributed by atoms with E-state index in [1.54, 1.807) is 0 Å². The monoisotopic (exact) mass is 319 g/mol. The smallest absolute Gasteiger partial charge is 0.220 e. The number of ether oxygens (including phenoxy) is 2. The highest BCUT2D eigenvalue weighted by atomic mass is 16.5. The van der Waals surface area contributed by atoms with Gasteiger partial charge in [0, 0.05) is 19.6 Å². The van der Waals surface area contributed by atoms with Crippen LogP contribution in [0, 0.1) is 0 Å². The lowest BCUT2D eigenvalue weighted by Crippen LogP contribution is -2.24. The molecule has 1 saturated heterocycles. The first kappa shape index (κ1) is 18.0. The molecule has 1 heterocycles. The number of nitrogens with one attached hydrogen (secondary N) is 1. The van der Waals surface area contributed by atoms with Gasteiger partial charge in [-0.3, -0.25) is 4.79 Å². The van der Waals surface area contributed by atoms with E-state index >= 15 is 0 Å². The largest absolute Gasteiger partial charge is 0.378 e. The van der Waals surface area contributed by atoms with E-state index in [1.165, 1.54) is 0 Å². The average molecular weight is 319 g/mol. The van der Waals surface area contributed by atoms with Gasteiger partial charge in [-0.15, -0.1) is 0 Å². The summed E-state index contributed by atoms with van der Waals surface area (Å²) >= 11 is 0. The minimum absolute atomic E-state index is 0.0943. The Morgan fingerprint density at radius 2 is 2.13 bits per heavy atom. The molecule has 1 aromatic rings. The van der Waals surface area contributed by atoms with Gasteiger partial charge in [-0.1, -0.05) is 24.3 Å². The van der Waals surface area contributed by atoms with Crippen LogP contribution >= 0.6 is 0 Å². The van der Waals surface area contributed by atoms with Crippen molar-refractivity contribution in [3.05, 3.63) is 35.4 Å². The molecule has 128 valence electrons. The van der Waals surface area contributed by atoms with Crippen LogP contribution in [0.4, 0.5) is 0 Å². The van der Waals surface area contributed by atoms with Crippen LogP contribution in [-0.2, 0) is 27.4 Å². The van der Waals surface area contributed by atoms with Crippen molar-refractivity contribution < 1.29 is 14.3 Å². The average Bonchev–Trinajstić information content (AvgIpc) is 3.02. The Bertz CT molecular complexity index is 502. The lowest BCUT2D eigenvalue weighted by molar-refractivity contribution is -0.121. The first-order chi connectivity index (χ1) is 10.9. The molecule has 1 amide bonds. The van der Waals surface area contributed by atoms with E-state index in [4.69, 9.17) is 9.47 Å². The first-order valence-electron chi connectivity index (χ1n) is 8.52. The van der Waals surface area contributed by atoms with Crippen molar-refractivity contribution in [3.8, 4) is 0 Å². The first-order valence-corrected chi connectivity index (χ1v) is 8.52. The van der Waals surface area contributed by atoms with Crippen LogP contribution in [0.1, 0.15) is 57.6 Å². The molecule has 2 rings (SSSR count). The van der Waals surface area contributed by atoms with Gasteiger partial charge >= 0.3 is 0 Å². The van der Waals surface area contributed by atoms with E-state index in [-0.39, 0.29) is 17.6 Å². The summed E-state index contributed by atoms with van der Waals surface area (Å²) in [5.74, 6) is 0.0943. The molecular formula is C19H29NO3. The summed E-state index contributed by atoms with van der Waals surface area (Å²) in [6.45, 7) is 8.13. The molecule has 1 atom stereocenters. The number of carbonyl (C=O) groups excluding carboxylic acids is 1. The zero-order chi connectivity index (χ0) is 16.7. The maximum absolute atomic E-state index is 11.9. The van der Waals surface area contributed by atoms with Gasteiger partial charge < -0.3 is 14.8 Å². The molecule has 0 aliphatic carbocycles. The third kappa shape index (κ3) is 7.14. The number of hydrogen-bond donors (Lipinski definition) is 1. The van der Waals surface area contributed by atoms with E-state index < -0.39 is 0 Å². The predicted octanol–water partition coefficient (Wildman–Crippen LogP) is 3.58. The Balaban J connectivity index is 1.73. The molecule has 0 saturated carbocycles. The summed E-state index contributed by atoms with van der Waals surface area (Å²) in [5, 5.41) is 2.99. The molecule has 0 unspecified atom stereocenters. The van der Waals surface area contributed by atoms with Crippen molar-refractivity contribution in [1.29, 1.82) is 0 Å².